The summed E-state index contributed by atoms with van der Waals surface area (Å²) in [6.45, 7) is 1.46. The molecule has 0 aliphatic carbocycles. The van der Waals surface area contributed by atoms with Crippen molar-refractivity contribution in [2.24, 2.45) is 0 Å². The molecule has 0 bridgehead atoms. The van der Waals surface area contributed by atoms with Gasteiger partial charge in [0.05, 0.1) is 0 Å². The van der Waals surface area contributed by atoms with Crippen LogP contribution in [0.25, 0.3) is 0 Å². The van der Waals surface area contributed by atoms with Gasteiger partial charge in [-0.05, 0) is 0 Å². The SMILES string of the molecule is CC(=O)[O][Hg][c]1ccccc1.[H+]. The first-order chi connectivity index (χ1) is 5.29. The van der Waals surface area contributed by atoms with Crippen LogP contribution < -0.4 is 3.07 Å². The van der Waals surface area contributed by atoms with Crippen molar-refractivity contribution in [3.05, 3.63) is 30.3 Å². The normalized spacial score (nSPS) is 8.45. The molecule has 0 aromatic heterocycles. The van der Waals surface area contributed by atoms with E-state index in [4.69, 9.17) is 2.64 Å². The Labute approximate surface area is 80.1 Å². The summed E-state index contributed by atoms with van der Waals surface area (Å²) in [5, 5.41) is 0. The van der Waals surface area contributed by atoms with Crippen molar-refractivity contribution < 1.29 is 33.9 Å². The van der Waals surface area contributed by atoms with Crippen molar-refractivity contribution in [3.8, 4) is 0 Å². The maximum absolute atomic E-state index is 10.5. The molecule has 0 aliphatic heterocycles. The summed E-state index contributed by atoms with van der Waals surface area (Å²) >= 11 is -1.52. The van der Waals surface area contributed by atoms with E-state index in [1.54, 1.807) is 0 Å². The van der Waals surface area contributed by atoms with Crippen LogP contribution in [0, 0.1) is 0 Å². The van der Waals surface area contributed by atoms with E-state index in [0.717, 1.165) is 0 Å². The number of carbonyl (C=O) groups is 1. The van der Waals surface area contributed by atoms with E-state index in [2.05, 4.69) is 0 Å². The van der Waals surface area contributed by atoms with Crippen molar-refractivity contribution in [1.82, 2.24) is 0 Å². The van der Waals surface area contributed by atoms with Crippen molar-refractivity contribution in [2.75, 3.05) is 0 Å². The van der Waals surface area contributed by atoms with Gasteiger partial charge in [-0.15, -0.1) is 0 Å². The molecule has 1 aromatic carbocycles. The monoisotopic (exact) mass is 339 g/mol. The summed E-state index contributed by atoms with van der Waals surface area (Å²) in [7, 11) is 0. The maximum Gasteiger partial charge on any atom is 1.00 e. The Hall–Kier alpha value is -0.375. The van der Waals surface area contributed by atoms with Crippen molar-refractivity contribution in [3.63, 3.8) is 0 Å². The van der Waals surface area contributed by atoms with Gasteiger partial charge in [0.15, 0.2) is 0 Å². The second kappa shape index (κ2) is 4.49. The third kappa shape index (κ3) is 3.51. The van der Waals surface area contributed by atoms with Crippen molar-refractivity contribution in [1.29, 1.82) is 0 Å². The van der Waals surface area contributed by atoms with E-state index in [0.29, 0.717) is 0 Å². The molecule has 11 heavy (non-hydrogen) atoms. The Morgan fingerprint density at radius 2 is 2.09 bits per heavy atom. The van der Waals surface area contributed by atoms with E-state index < -0.39 is 25.0 Å². The average molecular weight is 338 g/mol. The van der Waals surface area contributed by atoms with Gasteiger partial charge in [-0.2, -0.15) is 0 Å². The second-order valence-electron chi connectivity index (χ2n) is 2.27. The third-order valence-electron chi connectivity index (χ3n) is 1.28. The fraction of sp³-hybridized carbons (Fsp3) is 0.125. The van der Waals surface area contributed by atoms with Gasteiger partial charge in [-0.25, -0.2) is 0 Å². The molecule has 0 N–H and O–H groups in total. The predicted octanol–water partition coefficient (Wildman–Crippen LogP) is 0.985. The minimum absolute atomic E-state index is 0. The standard InChI is InChI=1S/C6H5.C2H4O2.Hg/c1-2-4-6-5-3-1;1-2(3)4;/h1-5H;1H3,(H,3,4);/q;;+1. The van der Waals surface area contributed by atoms with E-state index in [1.807, 2.05) is 30.3 Å². The van der Waals surface area contributed by atoms with E-state index in [-0.39, 0.29) is 7.40 Å². The molecular weight excluding hydrogens is 329 g/mol. The van der Waals surface area contributed by atoms with Gasteiger partial charge >= 0.3 is 80.2 Å². The predicted molar refractivity (Wildman–Crippen MR) is 39.0 cm³/mol. The van der Waals surface area contributed by atoms with Crippen LogP contribution in [0.5, 0.6) is 0 Å². The summed E-state index contributed by atoms with van der Waals surface area (Å²) < 4.78 is 6.25. The van der Waals surface area contributed by atoms with Crippen LogP contribution in [0.4, 0.5) is 0 Å². The Morgan fingerprint density at radius 1 is 1.45 bits per heavy atom. The zero-order chi connectivity index (χ0) is 8.10. The number of hydrogen-bond acceptors (Lipinski definition) is 2. The van der Waals surface area contributed by atoms with Gasteiger partial charge in [0.1, 0.15) is 0 Å². The van der Waals surface area contributed by atoms with Crippen molar-refractivity contribution >= 4 is 9.04 Å². The minimum atomic E-state index is -1.52. The Morgan fingerprint density at radius 3 is 2.64 bits per heavy atom. The van der Waals surface area contributed by atoms with E-state index >= 15 is 0 Å². The molecule has 1 rings (SSSR count). The second-order valence-corrected chi connectivity index (χ2v) is 7.68. The van der Waals surface area contributed by atoms with Gasteiger partial charge < -0.3 is 0 Å². The summed E-state index contributed by atoms with van der Waals surface area (Å²) in [6, 6.07) is 9.94. The van der Waals surface area contributed by atoms with Crippen molar-refractivity contribution in [2.45, 2.75) is 6.92 Å². The Bertz CT molecular complexity index is 238. The summed E-state index contributed by atoms with van der Waals surface area (Å²) in [4.78, 5) is 10.5. The zero-order valence-electron chi connectivity index (χ0n) is 7.41. The Kier molecular flexibility index (Phi) is 3.56. The fourth-order valence-corrected chi connectivity index (χ4v) is 4.00. The smallest absolute Gasteiger partial charge is 1.00 e. The average Bonchev–Trinajstić information content (AvgIpc) is 2.03. The molecule has 0 amide bonds. The van der Waals surface area contributed by atoms with Crippen LogP contribution in [0.15, 0.2) is 30.3 Å². The maximum atomic E-state index is 10.5. The first-order valence-electron chi connectivity index (χ1n) is 3.46. The van der Waals surface area contributed by atoms with Gasteiger partial charge in [0.2, 0.25) is 0 Å². The molecule has 0 atom stereocenters. The fourth-order valence-electron chi connectivity index (χ4n) is 0.759. The van der Waals surface area contributed by atoms with Crippen LogP contribution in [0.1, 0.15) is 8.35 Å². The van der Waals surface area contributed by atoms with E-state index in [9.17, 15) is 4.79 Å². The number of carbonyl (C=O) groups excluding carboxylic acids is 1. The van der Waals surface area contributed by atoms with Crippen LogP contribution >= 0.6 is 0 Å². The summed E-state index contributed by atoms with van der Waals surface area (Å²) in [6.07, 6.45) is 0. The largest absolute Gasteiger partial charge is 1.00 e. The molecule has 0 saturated heterocycles. The quantitative estimate of drug-likeness (QED) is 0.752. The first-order valence-corrected chi connectivity index (χ1v) is 8.45. The Balaban J connectivity index is 0.00000121. The first kappa shape index (κ1) is 8.72. The van der Waals surface area contributed by atoms with E-state index in [1.165, 1.54) is 10.00 Å². The number of hydrogen-bond donors (Lipinski definition) is 0. The van der Waals surface area contributed by atoms with Crippen LogP contribution in [0.2, 0.25) is 0 Å². The van der Waals surface area contributed by atoms with Gasteiger partial charge in [0, 0.05) is 0 Å². The van der Waals surface area contributed by atoms with Crippen LogP contribution in [0.3, 0.4) is 0 Å². The molecule has 1 aromatic rings. The van der Waals surface area contributed by atoms with Gasteiger partial charge in [-0.3, -0.25) is 0 Å². The van der Waals surface area contributed by atoms with Crippen LogP contribution in [-0.4, -0.2) is 5.97 Å². The minimum Gasteiger partial charge on any atom is 1.00 e. The molecule has 0 radical (unpaired) electrons. The van der Waals surface area contributed by atoms with Crippen LogP contribution in [-0.2, 0) is 32.5 Å². The molecule has 2 nitrogen and oxygen atoms in total. The molecule has 0 saturated carbocycles. The topological polar surface area (TPSA) is 26.3 Å². The molecule has 0 unspecified atom stereocenters. The van der Waals surface area contributed by atoms with Gasteiger partial charge in [0.25, 0.3) is 0 Å². The summed E-state index contributed by atoms with van der Waals surface area (Å²) in [5.74, 6) is -0.143. The molecule has 0 heterocycles. The molecule has 0 spiro atoms. The molecule has 54 valence electrons. The molecule has 0 fully saturated rings. The molecule has 0 aliphatic rings. The molecular formula is C8H9HgO2+. The third-order valence-corrected chi connectivity index (χ3v) is 6.55. The molecule has 3 heteroatoms. The number of rotatable bonds is 2. The zero-order valence-corrected chi connectivity index (χ0v) is 11.9. The number of benzene rings is 1. The summed E-state index contributed by atoms with van der Waals surface area (Å²) in [5.41, 5.74) is 0. The van der Waals surface area contributed by atoms with Gasteiger partial charge in [-0.1, -0.05) is 0 Å².